The number of benzene rings is 5. The van der Waals surface area contributed by atoms with Crippen LogP contribution in [-0.2, 0) is 11.8 Å². The van der Waals surface area contributed by atoms with Crippen LogP contribution in [0.25, 0.3) is 33.4 Å². The third-order valence-electron chi connectivity index (χ3n) is 8.35. The summed E-state index contributed by atoms with van der Waals surface area (Å²) < 4.78 is 0. The molecule has 0 amide bonds. The van der Waals surface area contributed by atoms with Gasteiger partial charge in [-0.2, -0.15) is 0 Å². The summed E-state index contributed by atoms with van der Waals surface area (Å²) in [6.07, 6.45) is 0.710. The van der Waals surface area contributed by atoms with Gasteiger partial charge in [-0.05, 0) is 78.6 Å². The second-order valence-electron chi connectivity index (χ2n) is 9.84. The predicted molar refractivity (Wildman–Crippen MR) is 141 cm³/mol. The van der Waals surface area contributed by atoms with E-state index < -0.39 is 12.5 Å². The maximum absolute atomic E-state index is 10.5. The molecule has 0 atom stereocenters. The van der Waals surface area contributed by atoms with Gasteiger partial charge in [0.2, 0.25) is 0 Å². The van der Waals surface area contributed by atoms with E-state index >= 15 is 0 Å². The van der Waals surface area contributed by atoms with E-state index in [1.54, 1.807) is 0 Å². The van der Waals surface area contributed by atoms with E-state index in [4.69, 9.17) is 0 Å². The van der Waals surface area contributed by atoms with Crippen LogP contribution >= 0.6 is 0 Å². The first-order chi connectivity index (χ1) is 17.2. The Labute approximate surface area is 204 Å². The molecule has 0 aromatic heterocycles. The highest BCUT2D eigenvalue weighted by Crippen LogP contribution is 2.65. The van der Waals surface area contributed by atoms with E-state index in [0.717, 1.165) is 11.1 Å². The average Bonchev–Trinajstić information content (AvgIpc) is 3.52. The summed E-state index contributed by atoms with van der Waals surface area (Å²) in [5.74, 6) is 0. The Balaban J connectivity index is 1.63. The van der Waals surface area contributed by atoms with Gasteiger partial charge in [-0.3, -0.25) is 0 Å². The lowest BCUT2D eigenvalue weighted by Crippen LogP contribution is -2.34. The zero-order chi connectivity index (χ0) is 23.3. The van der Waals surface area contributed by atoms with Crippen LogP contribution in [0.1, 0.15) is 33.4 Å². The molecule has 2 N–H and O–H groups in total. The summed E-state index contributed by atoms with van der Waals surface area (Å²) in [6.45, 7) is 0. The first-order valence-corrected chi connectivity index (χ1v) is 12.1. The highest BCUT2D eigenvalue weighted by atomic mass is 16.4. The summed E-state index contributed by atoms with van der Waals surface area (Å²) in [4.78, 5) is 0. The normalized spacial score (nSPS) is 14.7. The maximum atomic E-state index is 10.5. The number of hydrogen-bond acceptors (Lipinski definition) is 2. The minimum Gasteiger partial charge on any atom is -0.423 e. The first kappa shape index (κ1) is 19.4. The van der Waals surface area contributed by atoms with Gasteiger partial charge in [0.1, 0.15) is 0 Å². The van der Waals surface area contributed by atoms with Crippen molar-refractivity contribution >= 4 is 12.6 Å². The van der Waals surface area contributed by atoms with Gasteiger partial charge < -0.3 is 10.0 Å². The van der Waals surface area contributed by atoms with E-state index in [2.05, 4.69) is 97.1 Å². The lowest BCUT2D eigenvalue weighted by molar-refractivity contribution is 0.425. The van der Waals surface area contributed by atoms with Gasteiger partial charge in [0.15, 0.2) is 0 Å². The van der Waals surface area contributed by atoms with Gasteiger partial charge in [-0.25, -0.2) is 0 Å². The van der Waals surface area contributed by atoms with E-state index in [9.17, 15) is 10.0 Å². The second-order valence-corrected chi connectivity index (χ2v) is 9.84. The molecule has 0 heterocycles. The fraction of sp³-hybridized carbons (Fsp3) is 0.0625. The second kappa shape index (κ2) is 6.60. The smallest absolute Gasteiger partial charge is 0.423 e. The molecule has 0 unspecified atom stereocenters. The Hall–Kier alpha value is -3.92. The van der Waals surface area contributed by atoms with Crippen LogP contribution in [0, 0.1) is 0 Å². The van der Waals surface area contributed by atoms with Crippen LogP contribution in [-0.4, -0.2) is 17.2 Å². The fourth-order valence-corrected chi connectivity index (χ4v) is 7.15. The Morgan fingerprint density at radius 3 is 1.63 bits per heavy atom. The summed E-state index contributed by atoms with van der Waals surface area (Å²) in [5, 5.41) is 20.9. The van der Waals surface area contributed by atoms with Crippen molar-refractivity contribution in [3.8, 4) is 33.4 Å². The molecule has 5 aromatic rings. The molecular formula is C32H21BO2. The van der Waals surface area contributed by atoms with Crippen molar-refractivity contribution in [1.82, 2.24) is 0 Å². The summed E-state index contributed by atoms with van der Waals surface area (Å²) in [5.41, 5.74) is 14.8. The minimum absolute atomic E-state index is 0.445. The molecule has 5 aromatic carbocycles. The topological polar surface area (TPSA) is 40.5 Å². The molecule has 0 radical (unpaired) electrons. The van der Waals surface area contributed by atoms with Crippen LogP contribution in [0.2, 0.25) is 0 Å². The standard InChI is InChI=1S/C32H21BO2/c34-33(35)29-18-24-23-13-5-8-16-28(23)32(31(24)30-20-10-2-1-9-19(20)17-25(29)30)26-14-6-3-11-21(26)22-12-4-7-15-27(22)32/h1-16,18,34-35H,17H2. The molecule has 3 heteroatoms. The molecule has 3 aliphatic carbocycles. The summed E-state index contributed by atoms with van der Waals surface area (Å²) >= 11 is 0. The van der Waals surface area contributed by atoms with Crippen molar-refractivity contribution in [2.24, 2.45) is 0 Å². The fourth-order valence-electron chi connectivity index (χ4n) is 7.15. The van der Waals surface area contributed by atoms with Gasteiger partial charge in [-0.1, -0.05) is 103 Å². The SMILES string of the molecule is OB(O)c1cc2c(c3c1Cc1ccccc1-3)C1(c3ccccc3-c3ccccc31)c1ccccc1-2. The van der Waals surface area contributed by atoms with Crippen molar-refractivity contribution in [1.29, 1.82) is 0 Å². The van der Waals surface area contributed by atoms with Crippen LogP contribution in [0.15, 0.2) is 103 Å². The lowest BCUT2D eigenvalue weighted by Gasteiger charge is -2.32. The number of hydrogen-bond donors (Lipinski definition) is 2. The van der Waals surface area contributed by atoms with Crippen molar-refractivity contribution in [2.75, 3.05) is 0 Å². The third kappa shape index (κ3) is 2.19. The highest BCUT2D eigenvalue weighted by Gasteiger charge is 2.54. The quantitative estimate of drug-likeness (QED) is 0.336. The Morgan fingerprint density at radius 2 is 1.06 bits per heavy atom. The molecule has 1 spiro atoms. The molecule has 164 valence electrons. The van der Waals surface area contributed by atoms with Crippen LogP contribution in [0.4, 0.5) is 0 Å². The molecule has 0 fully saturated rings. The van der Waals surface area contributed by atoms with Gasteiger partial charge in [-0.15, -0.1) is 0 Å². The van der Waals surface area contributed by atoms with Gasteiger partial charge in [0.05, 0.1) is 5.41 Å². The molecule has 35 heavy (non-hydrogen) atoms. The van der Waals surface area contributed by atoms with Crippen molar-refractivity contribution < 1.29 is 10.0 Å². The van der Waals surface area contributed by atoms with Crippen LogP contribution < -0.4 is 5.46 Å². The van der Waals surface area contributed by atoms with E-state index in [-0.39, 0.29) is 0 Å². The molecule has 2 nitrogen and oxygen atoms in total. The van der Waals surface area contributed by atoms with Crippen molar-refractivity contribution in [2.45, 2.75) is 11.8 Å². The minimum atomic E-state index is -1.52. The number of rotatable bonds is 1. The lowest BCUT2D eigenvalue weighted by atomic mass is 9.66. The van der Waals surface area contributed by atoms with Gasteiger partial charge in [0, 0.05) is 0 Å². The Kier molecular flexibility index (Phi) is 3.66. The first-order valence-electron chi connectivity index (χ1n) is 12.1. The zero-order valence-corrected chi connectivity index (χ0v) is 19.0. The van der Waals surface area contributed by atoms with E-state index in [0.29, 0.717) is 11.9 Å². The molecule has 3 aliphatic rings. The highest BCUT2D eigenvalue weighted by molar-refractivity contribution is 6.59. The Morgan fingerprint density at radius 1 is 0.571 bits per heavy atom. The van der Waals surface area contributed by atoms with Crippen molar-refractivity contribution in [3.63, 3.8) is 0 Å². The van der Waals surface area contributed by atoms with Crippen LogP contribution in [0.3, 0.4) is 0 Å². The van der Waals surface area contributed by atoms with Gasteiger partial charge in [0.25, 0.3) is 0 Å². The third-order valence-corrected chi connectivity index (χ3v) is 8.35. The molecule has 8 rings (SSSR count). The van der Waals surface area contributed by atoms with E-state index in [1.807, 2.05) is 6.07 Å². The largest absolute Gasteiger partial charge is 0.488 e. The molecular weight excluding hydrogens is 427 g/mol. The predicted octanol–water partition coefficient (Wildman–Crippen LogP) is 5.28. The Bertz CT molecular complexity index is 1670. The molecule has 0 bridgehead atoms. The zero-order valence-electron chi connectivity index (χ0n) is 19.0. The van der Waals surface area contributed by atoms with Crippen molar-refractivity contribution in [3.05, 3.63) is 137 Å². The average molecular weight is 448 g/mol. The molecule has 0 saturated heterocycles. The summed E-state index contributed by atoms with van der Waals surface area (Å²) in [7, 11) is -1.52. The molecule has 0 aliphatic heterocycles. The number of fused-ring (bicyclic) bond motifs is 14. The molecule has 0 saturated carbocycles. The van der Waals surface area contributed by atoms with E-state index in [1.165, 1.54) is 55.6 Å². The maximum Gasteiger partial charge on any atom is 0.488 e. The monoisotopic (exact) mass is 448 g/mol. The summed E-state index contributed by atoms with van der Waals surface area (Å²) in [6, 6.07) is 36.8. The van der Waals surface area contributed by atoms with Crippen LogP contribution in [0.5, 0.6) is 0 Å². The van der Waals surface area contributed by atoms with Gasteiger partial charge >= 0.3 is 7.12 Å².